The van der Waals surface area contributed by atoms with Crippen molar-refractivity contribution in [3.05, 3.63) is 84.7 Å². The predicted molar refractivity (Wildman–Crippen MR) is 127 cm³/mol. The number of non-ortho nitro benzene ring substituents is 1. The molecule has 0 saturated carbocycles. The van der Waals surface area contributed by atoms with Gasteiger partial charge in [0.05, 0.1) is 40.9 Å². The van der Waals surface area contributed by atoms with Gasteiger partial charge in [-0.3, -0.25) is 24.0 Å². The number of aromatic hydroxyl groups is 1. The Balaban J connectivity index is 1.91. The number of aryl methyl sites for hydroxylation is 1. The van der Waals surface area contributed by atoms with Gasteiger partial charge in [-0.15, -0.1) is 0 Å². The Morgan fingerprint density at radius 2 is 1.91 bits per heavy atom. The highest BCUT2D eigenvalue weighted by atomic mass is 16.6. The summed E-state index contributed by atoms with van der Waals surface area (Å²) in [6, 6.07) is 10.9. The zero-order valence-corrected chi connectivity index (χ0v) is 19.2. The first-order valence-corrected chi connectivity index (χ1v) is 10.8. The lowest BCUT2D eigenvalue weighted by Gasteiger charge is -2.28. The summed E-state index contributed by atoms with van der Waals surface area (Å²) >= 11 is 0. The van der Waals surface area contributed by atoms with Gasteiger partial charge < -0.3 is 19.1 Å². The number of hydrogen-bond donors (Lipinski definition) is 1. The van der Waals surface area contributed by atoms with Crippen LogP contribution in [-0.2, 0) is 25.4 Å². The maximum absolute atomic E-state index is 13.4. The second kappa shape index (κ2) is 8.13. The number of nitro groups is 1. The number of ether oxygens (including phenoxy) is 2. The van der Waals surface area contributed by atoms with Gasteiger partial charge in [-0.1, -0.05) is 18.2 Å². The van der Waals surface area contributed by atoms with Crippen molar-refractivity contribution < 1.29 is 19.5 Å². The molecule has 180 valence electrons. The summed E-state index contributed by atoms with van der Waals surface area (Å²) < 4.78 is 15.7. The van der Waals surface area contributed by atoms with Gasteiger partial charge in [0.1, 0.15) is 6.10 Å². The molecule has 0 fully saturated rings. The molecule has 4 aromatic rings. The number of nitrogens with zero attached hydrogens (tertiary/aromatic N) is 4. The van der Waals surface area contributed by atoms with Crippen molar-refractivity contribution in [3.8, 4) is 22.8 Å². The van der Waals surface area contributed by atoms with Crippen LogP contribution < -0.4 is 16.0 Å². The minimum absolute atomic E-state index is 0.0362. The fourth-order valence-electron chi connectivity index (χ4n) is 4.76. The van der Waals surface area contributed by atoms with E-state index in [2.05, 4.69) is 0 Å². The fraction of sp³-hybridized carbons (Fsp3) is 0.250. The standard InChI is InChI=1S/C24H22N4O7/c1-25-20-18(23(30)26(2)24(25)31)19(13-5-4-6-15(11-13)28(32)33)27-9-10-35-22(21(20)27)14-7-8-16(29)17(12-14)34-3/h4-8,11-12,22,29H,9-10H2,1-3H3. The average molecular weight is 478 g/mol. The molecule has 35 heavy (non-hydrogen) atoms. The average Bonchev–Trinajstić information content (AvgIpc) is 3.22. The van der Waals surface area contributed by atoms with Crippen molar-refractivity contribution in [1.82, 2.24) is 13.7 Å². The number of methoxy groups -OCH3 is 1. The highest BCUT2D eigenvalue weighted by Gasteiger charge is 2.33. The molecule has 11 nitrogen and oxygen atoms in total. The van der Waals surface area contributed by atoms with Crippen LogP contribution in [0.5, 0.6) is 11.5 Å². The van der Waals surface area contributed by atoms with Gasteiger partial charge in [0.25, 0.3) is 11.2 Å². The molecule has 1 N–H and O–H groups in total. The zero-order chi connectivity index (χ0) is 25.0. The summed E-state index contributed by atoms with van der Waals surface area (Å²) in [7, 11) is 4.41. The van der Waals surface area contributed by atoms with Gasteiger partial charge >= 0.3 is 5.69 Å². The van der Waals surface area contributed by atoms with E-state index in [1.807, 2.05) is 4.57 Å². The van der Waals surface area contributed by atoms with Gasteiger partial charge in [-0.2, -0.15) is 0 Å². The molecule has 0 bridgehead atoms. The Morgan fingerprint density at radius 1 is 1.14 bits per heavy atom. The Morgan fingerprint density at radius 3 is 2.63 bits per heavy atom. The zero-order valence-electron chi connectivity index (χ0n) is 19.2. The third-order valence-corrected chi connectivity index (χ3v) is 6.39. The highest BCUT2D eigenvalue weighted by molar-refractivity contribution is 5.96. The van der Waals surface area contributed by atoms with Crippen LogP contribution in [0, 0.1) is 10.1 Å². The summed E-state index contributed by atoms with van der Waals surface area (Å²) in [5, 5.41) is 21.8. The highest BCUT2D eigenvalue weighted by Crippen LogP contribution is 2.42. The van der Waals surface area contributed by atoms with Crippen LogP contribution in [0.1, 0.15) is 17.4 Å². The van der Waals surface area contributed by atoms with Crippen molar-refractivity contribution in [2.45, 2.75) is 12.6 Å². The molecule has 0 aliphatic carbocycles. The maximum Gasteiger partial charge on any atom is 0.331 e. The third-order valence-electron chi connectivity index (χ3n) is 6.39. The molecule has 0 amide bonds. The van der Waals surface area contributed by atoms with Crippen molar-refractivity contribution >= 4 is 16.6 Å². The van der Waals surface area contributed by atoms with E-state index < -0.39 is 22.3 Å². The van der Waals surface area contributed by atoms with E-state index in [4.69, 9.17) is 9.47 Å². The second-order valence-electron chi connectivity index (χ2n) is 8.30. The number of rotatable bonds is 4. The molecule has 1 aliphatic heterocycles. The molecule has 3 heterocycles. The van der Waals surface area contributed by atoms with Crippen LogP contribution >= 0.6 is 0 Å². The van der Waals surface area contributed by atoms with Crippen LogP contribution in [0.3, 0.4) is 0 Å². The topological polar surface area (TPSA) is 131 Å². The summed E-state index contributed by atoms with van der Waals surface area (Å²) in [6.07, 6.45) is -0.689. The van der Waals surface area contributed by atoms with Crippen LogP contribution in [0.15, 0.2) is 52.1 Å². The van der Waals surface area contributed by atoms with Crippen molar-refractivity contribution in [3.63, 3.8) is 0 Å². The number of fused-ring (bicyclic) bond motifs is 3. The quantitative estimate of drug-likeness (QED) is 0.352. The number of benzene rings is 2. The van der Waals surface area contributed by atoms with Gasteiger partial charge in [-0.05, 0) is 17.7 Å². The van der Waals surface area contributed by atoms with E-state index in [-0.39, 0.29) is 29.2 Å². The van der Waals surface area contributed by atoms with E-state index in [1.54, 1.807) is 31.3 Å². The summed E-state index contributed by atoms with van der Waals surface area (Å²) in [6.45, 7) is 0.656. The van der Waals surface area contributed by atoms with Crippen LogP contribution in [0.2, 0.25) is 0 Å². The number of nitro benzene ring substituents is 1. The molecule has 11 heteroatoms. The molecule has 1 unspecified atom stereocenters. The Labute approximate surface area is 198 Å². The van der Waals surface area contributed by atoms with Crippen LogP contribution in [0.4, 0.5) is 5.69 Å². The van der Waals surface area contributed by atoms with Crippen molar-refractivity contribution in [2.24, 2.45) is 14.1 Å². The first-order chi connectivity index (χ1) is 16.7. The number of hydrogen-bond acceptors (Lipinski definition) is 7. The van der Waals surface area contributed by atoms with Gasteiger partial charge in [0.15, 0.2) is 11.5 Å². The molecule has 0 spiro atoms. The minimum Gasteiger partial charge on any atom is -0.504 e. The monoisotopic (exact) mass is 478 g/mol. The Kier molecular flexibility index (Phi) is 5.21. The minimum atomic E-state index is -0.689. The molecule has 0 saturated heterocycles. The fourth-order valence-corrected chi connectivity index (χ4v) is 4.76. The Hall–Kier alpha value is -4.38. The maximum atomic E-state index is 13.4. The normalized spacial score (nSPS) is 15.2. The molecular weight excluding hydrogens is 456 g/mol. The third kappa shape index (κ3) is 3.31. The molecule has 0 radical (unpaired) electrons. The largest absolute Gasteiger partial charge is 0.504 e. The molecule has 5 rings (SSSR count). The molecule has 2 aromatic heterocycles. The van der Waals surface area contributed by atoms with Gasteiger partial charge in [-0.25, -0.2) is 4.79 Å². The first kappa shape index (κ1) is 22.4. The Bertz CT molecular complexity index is 1630. The SMILES string of the molecule is COc1cc(C2OCCn3c(-c4cccc([N+](=O)[O-])c4)c4c(=O)n(C)c(=O)n(C)c4c32)ccc1O. The number of aromatic nitrogens is 3. The molecule has 1 aliphatic rings. The number of phenolic OH excluding ortho intramolecular Hbond substituents is 1. The van der Waals surface area contributed by atoms with E-state index in [9.17, 15) is 24.8 Å². The van der Waals surface area contributed by atoms with E-state index >= 15 is 0 Å². The second-order valence-corrected chi connectivity index (χ2v) is 8.30. The first-order valence-electron chi connectivity index (χ1n) is 10.8. The lowest BCUT2D eigenvalue weighted by Crippen LogP contribution is -2.37. The number of phenols is 1. The molecule has 2 aromatic carbocycles. The van der Waals surface area contributed by atoms with Crippen molar-refractivity contribution in [1.29, 1.82) is 0 Å². The lowest BCUT2D eigenvalue weighted by atomic mass is 10.0. The summed E-state index contributed by atoms with van der Waals surface area (Å²) in [5.41, 5.74) is 1.44. The van der Waals surface area contributed by atoms with E-state index in [0.717, 1.165) is 4.57 Å². The van der Waals surface area contributed by atoms with E-state index in [1.165, 1.54) is 36.9 Å². The van der Waals surface area contributed by atoms with Crippen LogP contribution in [-0.4, -0.2) is 37.4 Å². The van der Waals surface area contributed by atoms with E-state index in [0.29, 0.717) is 34.6 Å². The predicted octanol–water partition coefficient (Wildman–Crippen LogP) is 2.45. The van der Waals surface area contributed by atoms with Crippen LogP contribution in [0.25, 0.3) is 22.2 Å². The lowest BCUT2D eigenvalue weighted by molar-refractivity contribution is -0.384. The van der Waals surface area contributed by atoms with Crippen molar-refractivity contribution in [2.75, 3.05) is 13.7 Å². The summed E-state index contributed by atoms with van der Waals surface area (Å²) in [4.78, 5) is 37.3. The van der Waals surface area contributed by atoms with Gasteiger partial charge in [0, 0.05) is 38.3 Å². The smallest absolute Gasteiger partial charge is 0.331 e. The molecule has 1 atom stereocenters. The molecular formula is C24H22N4O7. The summed E-state index contributed by atoms with van der Waals surface area (Å²) in [5.74, 6) is 0.216. The van der Waals surface area contributed by atoms with Gasteiger partial charge in [0.2, 0.25) is 0 Å².